The maximum absolute atomic E-state index is 13.3. The van der Waals surface area contributed by atoms with Crippen LogP contribution in [0.3, 0.4) is 0 Å². The molecule has 0 aliphatic carbocycles. The lowest BCUT2D eigenvalue weighted by Crippen LogP contribution is -2.19. The molecular weight excluding hydrogens is 221 g/mol. The molecule has 0 aliphatic rings. The van der Waals surface area contributed by atoms with Gasteiger partial charge in [-0.25, -0.2) is 4.39 Å². The van der Waals surface area contributed by atoms with Crippen molar-refractivity contribution in [2.24, 2.45) is 0 Å². The third kappa shape index (κ3) is 2.90. The minimum Gasteiger partial charge on any atom is -0.322 e. The number of rotatable bonds is 3. The average Bonchev–Trinajstić information content (AvgIpc) is 2.67. The summed E-state index contributed by atoms with van der Waals surface area (Å²) in [5.41, 5.74) is 1.02. The topological polar surface area (TPSA) is 46.9 Å². The Balaban J connectivity index is 2.01. The summed E-state index contributed by atoms with van der Waals surface area (Å²) in [6.45, 7) is 1.91. The third-order valence-electron chi connectivity index (χ3n) is 2.23. The number of carbonyl (C=O) groups is 1. The standard InChI is InChI=1S/C12H12FN3O/c1-9-6-7-16(15-9)8-12(17)14-11-5-3-2-4-10(11)13/h2-7H,8H2,1H3,(H,14,17). The fraction of sp³-hybridized carbons (Fsp3) is 0.167. The van der Waals surface area contributed by atoms with E-state index in [0.717, 1.165) is 5.69 Å². The monoisotopic (exact) mass is 233 g/mol. The third-order valence-corrected chi connectivity index (χ3v) is 2.23. The number of carbonyl (C=O) groups excluding carboxylic acids is 1. The van der Waals surface area contributed by atoms with Gasteiger partial charge in [-0.3, -0.25) is 9.48 Å². The maximum Gasteiger partial charge on any atom is 0.246 e. The highest BCUT2D eigenvalue weighted by Gasteiger charge is 2.07. The van der Waals surface area contributed by atoms with E-state index < -0.39 is 5.82 Å². The van der Waals surface area contributed by atoms with E-state index in [1.165, 1.54) is 16.8 Å². The lowest BCUT2D eigenvalue weighted by atomic mass is 10.3. The largest absolute Gasteiger partial charge is 0.322 e. The van der Waals surface area contributed by atoms with Gasteiger partial charge in [-0.1, -0.05) is 12.1 Å². The summed E-state index contributed by atoms with van der Waals surface area (Å²) in [7, 11) is 0. The highest BCUT2D eigenvalue weighted by atomic mass is 19.1. The molecule has 0 saturated carbocycles. The summed E-state index contributed by atoms with van der Waals surface area (Å²) >= 11 is 0. The Hall–Kier alpha value is -2.17. The Kier molecular flexibility index (Phi) is 3.18. The number of nitrogens with zero attached hydrogens (tertiary/aromatic N) is 2. The van der Waals surface area contributed by atoms with E-state index in [9.17, 15) is 9.18 Å². The van der Waals surface area contributed by atoms with Gasteiger partial charge in [-0.2, -0.15) is 5.10 Å². The molecule has 0 spiro atoms. The number of para-hydroxylation sites is 1. The van der Waals surface area contributed by atoms with Gasteiger partial charge in [-0.15, -0.1) is 0 Å². The number of aromatic nitrogens is 2. The molecule has 17 heavy (non-hydrogen) atoms. The van der Waals surface area contributed by atoms with Crippen LogP contribution in [0.5, 0.6) is 0 Å². The number of hydrogen-bond acceptors (Lipinski definition) is 2. The molecular formula is C12H12FN3O. The summed E-state index contributed by atoms with van der Waals surface area (Å²) in [5, 5.41) is 6.57. The number of anilines is 1. The molecule has 1 amide bonds. The van der Waals surface area contributed by atoms with Gasteiger partial charge in [-0.05, 0) is 25.1 Å². The zero-order valence-electron chi connectivity index (χ0n) is 9.35. The molecule has 0 bridgehead atoms. The summed E-state index contributed by atoms with van der Waals surface area (Å²) in [4.78, 5) is 11.6. The summed E-state index contributed by atoms with van der Waals surface area (Å²) in [6.07, 6.45) is 1.70. The zero-order valence-corrected chi connectivity index (χ0v) is 9.35. The molecule has 1 heterocycles. The van der Waals surface area contributed by atoms with E-state index in [4.69, 9.17) is 0 Å². The van der Waals surface area contributed by atoms with Crippen molar-refractivity contribution in [3.05, 3.63) is 48.0 Å². The first-order chi connectivity index (χ1) is 8.15. The molecule has 1 aromatic carbocycles. The molecule has 2 rings (SSSR count). The summed E-state index contributed by atoms with van der Waals surface area (Å²) in [5.74, 6) is -0.754. The lowest BCUT2D eigenvalue weighted by molar-refractivity contribution is -0.116. The second kappa shape index (κ2) is 4.78. The van der Waals surface area contributed by atoms with Crippen LogP contribution in [0.25, 0.3) is 0 Å². The molecule has 88 valence electrons. The van der Waals surface area contributed by atoms with Gasteiger partial charge in [0.05, 0.1) is 11.4 Å². The number of amides is 1. The van der Waals surface area contributed by atoms with Gasteiger partial charge in [0, 0.05) is 6.20 Å². The van der Waals surface area contributed by atoms with Gasteiger partial charge >= 0.3 is 0 Å². The number of halogens is 1. The molecule has 0 radical (unpaired) electrons. The number of benzene rings is 1. The van der Waals surface area contributed by atoms with E-state index in [0.29, 0.717) is 0 Å². The quantitative estimate of drug-likeness (QED) is 0.881. The van der Waals surface area contributed by atoms with Crippen LogP contribution in [-0.2, 0) is 11.3 Å². The lowest BCUT2D eigenvalue weighted by Gasteiger charge is -2.05. The Morgan fingerprint density at radius 2 is 2.18 bits per heavy atom. The second-order valence-corrected chi connectivity index (χ2v) is 3.68. The molecule has 2 aromatic rings. The first-order valence-electron chi connectivity index (χ1n) is 5.19. The summed E-state index contributed by atoms with van der Waals surface area (Å²) in [6, 6.07) is 7.85. The Morgan fingerprint density at radius 1 is 1.41 bits per heavy atom. The smallest absolute Gasteiger partial charge is 0.246 e. The van der Waals surface area contributed by atoms with Crippen molar-refractivity contribution in [2.45, 2.75) is 13.5 Å². The molecule has 0 fully saturated rings. The molecule has 0 aliphatic heterocycles. The van der Waals surface area contributed by atoms with Crippen LogP contribution >= 0.6 is 0 Å². The predicted octanol–water partition coefficient (Wildman–Crippen LogP) is 1.97. The van der Waals surface area contributed by atoms with E-state index in [1.54, 1.807) is 24.4 Å². The predicted molar refractivity (Wildman–Crippen MR) is 62.0 cm³/mol. The van der Waals surface area contributed by atoms with Crippen LogP contribution in [-0.4, -0.2) is 15.7 Å². The highest BCUT2D eigenvalue weighted by molar-refractivity contribution is 5.90. The van der Waals surface area contributed by atoms with Crippen LogP contribution in [0.15, 0.2) is 36.5 Å². The number of aryl methyl sites for hydroxylation is 1. The van der Waals surface area contributed by atoms with Crippen molar-refractivity contribution in [1.29, 1.82) is 0 Å². The van der Waals surface area contributed by atoms with Crippen LogP contribution in [0.1, 0.15) is 5.69 Å². The van der Waals surface area contributed by atoms with Crippen LogP contribution in [0, 0.1) is 12.7 Å². The summed E-state index contributed by atoms with van der Waals surface area (Å²) < 4.78 is 14.8. The molecule has 4 nitrogen and oxygen atoms in total. The van der Waals surface area contributed by atoms with Crippen LogP contribution in [0.2, 0.25) is 0 Å². The maximum atomic E-state index is 13.3. The average molecular weight is 233 g/mol. The molecule has 0 unspecified atom stereocenters. The van der Waals surface area contributed by atoms with Crippen molar-refractivity contribution >= 4 is 11.6 Å². The van der Waals surface area contributed by atoms with Gasteiger partial charge in [0.1, 0.15) is 12.4 Å². The molecule has 5 heteroatoms. The zero-order chi connectivity index (χ0) is 12.3. The SMILES string of the molecule is Cc1ccn(CC(=O)Nc2ccccc2F)n1. The minimum atomic E-state index is -0.447. The molecule has 0 atom stereocenters. The van der Waals surface area contributed by atoms with E-state index >= 15 is 0 Å². The highest BCUT2D eigenvalue weighted by Crippen LogP contribution is 2.12. The fourth-order valence-corrected chi connectivity index (χ4v) is 1.45. The van der Waals surface area contributed by atoms with E-state index in [-0.39, 0.29) is 18.1 Å². The minimum absolute atomic E-state index is 0.0716. The van der Waals surface area contributed by atoms with Gasteiger partial charge in [0.2, 0.25) is 5.91 Å². The van der Waals surface area contributed by atoms with Crippen molar-refractivity contribution in [3.63, 3.8) is 0 Å². The fourth-order valence-electron chi connectivity index (χ4n) is 1.45. The van der Waals surface area contributed by atoms with E-state index in [1.807, 2.05) is 6.92 Å². The second-order valence-electron chi connectivity index (χ2n) is 3.68. The molecule has 0 saturated heterocycles. The number of hydrogen-bond donors (Lipinski definition) is 1. The number of nitrogens with one attached hydrogen (secondary N) is 1. The molecule has 1 aromatic heterocycles. The van der Waals surface area contributed by atoms with E-state index in [2.05, 4.69) is 10.4 Å². The van der Waals surface area contributed by atoms with Gasteiger partial charge in [0.25, 0.3) is 0 Å². The Morgan fingerprint density at radius 3 is 2.82 bits per heavy atom. The Bertz CT molecular complexity index is 536. The Labute approximate surface area is 98.1 Å². The van der Waals surface area contributed by atoms with Gasteiger partial charge in [0.15, 0.2) is 0 Å². The first-order valence-corrected chi connectivity index (χ1v) is 5.19. The van der Waals surface area contributed by atoms with Crippen LogP contribution < -0.4 is 5.32 Å². The van der Waals surface area contributed by atoms with Crippen molar-refractivity contribution < 1.29 is 9.18 Å². The first kappa shape index (κ1) is 11.3. The van der Waals surface area contributed by atoms with Crippen molar-refractivity contribution in [1.82, 2.24) is 9.78 Å². The molecule has 1 N–H and O–H groups in total. The van der Waals surface area contributed by atoms with Crippen molar-refractivity contribution in [2.75, 3.05) is 5.32 Å². The van der Waals surface area contributed by atoms with Gasteiger partial charge < -0.3 is 5.32 Å². The van der Waals surface area contributed by atoms with Crippen molar-refractivity contribution in [3.8, 4) is 0 Å². The van der Waals surface area contributed by atoms with Crippen LogP contribution in [0.4, 0.5) is 10.1 Å². The normalized spacial score (nSPS) is 10.2.